The minimum Gasteiger partial charge on any atom is -0.333 e. The van der Waals surface area contributed by atoms with Gasteiger partial charge in [-0.1, -0.05) is 68.4 Å². The van der Waals surface area contributed by atoms with Crippen LogP contribution in [0.5, 0.6) is 0 Å². The van der Waals surface area contributed by atoms with Crippen molar-refractivity contribution in [1.82, 2.24) is 20.3 Å². The SMILES string of the molecule is CC(C)(C)C(NC(=O)Cc1ccccc1)n1nnc2ccccc21. The zero-order valence-corrected chi connectivity index (χ0v) is 14.2. The normalized spacial score (nSPS) is 13.0. The minimum absolute atomic E-state index is 0.0271. The van der Waals surface area contributed by atoms with Crippen molar-refractivity contribution in [2.75, 3.05) is 0 Å². The predicted molar refractivity (Wildman–Crippen MR) is 94.3 cm³/mol. The average molecular weight is 322 g/mol. The molecule has 0 radical (unpaired) electrons. The van der Waals surface area contributed by atoms with Crippen LogP contribution < -0.4 is 5.32 Å². The fraction of sp³-hybridized carbons (Fsp3) is 0.316. The Hall–Kier alpha value is -2.69. The molecule has 1 heterocycles. The third kappa shape index (κ3) is 3.45. The number of benzene rings is 2. The Bertz CT molecular complexity index is 833. The molecule has 0 aliphatic carbocycles. The Morgan fingerprint density at radius 3 is 2.46 bits per heavy atom. The summed E-state index contributed by atoms with van der Waals surface area (Å²) in [6.45, 7) is 6.24. The maximum atomic E-state index is 12.5. The van der Waals surface area contributed by atoms with Gasteiger partial charge in [0, 0.05) is 5.41 Å². The number of carbonyl (C=O) groups is 1. The van der Waals surface area contributed by atoms with E-state index in [0.717, 1.165) is 16.6 Å². The number of rotatable bonds is 4. The number of nitrogens with one attached hydrogen (secondary N) is 1. The van der Waals surface area contributed by atoms with Gasteiger partial charge < -0.3 is 5.32 Å². The van der Waals surface area contributed by atoms with Gasteiger partial charge in [-0.15, -0.1) is 5.10 Å². The van der Waals surface area contributed by atoms with E-state index >= 15 is 0 Å². The molecule has 5 nitrogen and oxygen atoms in total. The van der Waals surface area contributed by atoms with Gasteiger partial charge >= 0.3 is 0 Å². The van der Waals surface area contributed by atoms with Gasteiger partial charge in [-0.25, -0.2) is 4.68 Å². The van der Waals surface area contributed by atoms with Crippen LogP contribution >= 0.6 is 0 Å². The van der Waals surface area contributed by atoms with E-state index in [4.69, 9.17) is 0 Å². The van der Waals surface area contributed by atoms with Crippen LogP contribution in [0.2, 0.25) is 0 Å². The van der Waals surface area contributed by atoms with Crippen LogP contribution in [0, 0.1) is 5.41 Å². The summed E-state index contributed by atoms with van der Waals surface area (Å²) < 4.78 is 1.80. The smallest absolute Gasteiger partial charge is 0.226 e. The van der Waals surface area contributed by atoms with Crippen LogP contribution in [-0.4, -0.2) is 20.9 Å². The lowest BCUT2D eigenvalue weighted by Crippen LogP contribution is -2.41. The second-order valence-electron chi connectivity index (χ2n) is 7.02. The molecule has 3 rings (SSSR count). The van der Waals surface area contributed by atoms with Crippen molar-refractivity contribution in [2.24, 2.45) is 5.41 Å². The molecule has 0 bridgehead atoms. The highest BCUT2D eigenvalue weighted by atomic mass is 16.1. The number of hydrogen-bond donors (Lipinski definition) is 1. The van der Waals surface area contributed by atoms with Gasteiger partial charge in [-0.3, -0.25) is 4.79 Å². The zero-order chi connectivity index (χ0) is 17.2. The van der Waals surface area contributed by atoms with E-state index in [0.29, 0.717) is 6.42 Å². The molecule has 2 aromatic carbocycles. The first kappa shape index (κ1) is 16.2. The Kier molecular flexibility index (Phi) is 4.34. The summed E-state index contributed by atoms with van der Waals surface area (Å²) in [5.74, 6) is -0.0271. The molecule has 0 spiro atoms. The van der Waals surface area contributed by atoms with E-state index in [1.807, 2.05) is 54.6 Å². The van der Waals surface area contributed by atoms with Crippen molar-refractivity contribution in [1.29, 1.82) is 0 Å². The third-order valence-corrected chi connectivity index (χ3v) is 3.95. The topological polar surface area (TPSA) is 59.8 Å². The highest BCUT2D eigenvalue weighted by Crippen LogP contribution is 2.30. The molecular weight excluding hydrogens is 300 g/mol. The molecule has 0 aliphatic rings. The summed E-state index contributed by atoms with van der Waals surface area (Å²) in [6, 6.07) is 17.5. The van der Waals surface area contributed by atoms with Crippen molar-refractivity contribution in [3.05, 3.63) is 60.2 Å². The molecule has 1 aromatic heterocycles. The standard InChI is InChI=1S/C19H22N4O/c1-19(2,3)18(20-17(24)13-14-9-5-4-6-10-14)23-16-12-8-7-11-15(16)21-22-23/h4-12,18H,13H2,1-3H3,(H,20,24). The molecule has 124 valence electrons. The third-order valence-electron chi connectivity index (χ3n) is 3.95. The van der Waals surface area contributed by atoms with Crippen LogP contribution in [-0.2, 0) is 11.2 Å². The molecular formula is C19H22N4O. The number of hydrogen-bond acceptors (Lipinski definition) is 3. The fourth-order valence-corrected chi connectivity index (χ4v) is 2.71. The van der Waals surface area contributed by atoms with E-state index in [2.05, 4.69) is 36.4 Å². The molecule has 5 heteroatoms. The van der Waals surface area contributed by atoms with Crippen LogP contribution in [0.4, 0.5) is 0 Å². The largest absolute Gasteiger partial charge is 0.333 e. The van der Waals surface area contributed by atoms with Crippen LogP contribution in [0.1, 0.15) is 32.5 Å². The van der Waals surface area contributed by atoms with Gasteiger partial charge in [-0.2, -0.15) is 0 Å². The summed E-state index contributed by atoms with van der Waals surface area (Å²) in [5, 5.41) is 11.6. The molecule has 0 aliphatic heterocycles. The fourth-order valence-electron chi connectivity index (χ4n) is 2.71. The Morgan fingerprint density at radius 2 is 1.75 bits per heavy atom. The van der Waals surface area contributed by atoms with Crippen LogP contribution in [0.3, 0.4) is 0 Å². The van der Waals surface area contributed by atoms with Gasteiger partial charge in [0.1, 0.15) is 11.7 Å². The van der Waals surface area contributed by atoms with Gasteiger partial charge in [0.2, 0.25) is 5.91 Å². The monoisotopic (exact) mass is 322 g/mol. The van der Waals surface area contributed by atoms with Crippen molar-refractivity contribution < 1.29 is 4.79 Å². The van der Waals surface area contributed by atoms with Crippen molar-refractivity contribution in [3.8, 4) is 0 Å². The molecule has 0 saturated carbocycles. The van der Waals surface area contributed by atoms with Crippen molar-refractivity contribution in [2.45, 2.75) is 33.4 Å². The van der Waals surface area contributed by atoms with Gasteiger partial charge in [0.05, 0.1) is 11.9 Å². The molecule has 3 aromatic rings. The molecule has 1 amide bonds. The van der Waals surface area contributed by atoms with Crippen molar-refractivity contribution in [3.63, 3.8) is 0 Å². The van der Waals surface area contributed by atoms with Crippen molar-refractivity contribution >= 4 is 16.9 Å². The highest BCUT2D eigenvalue weighted by molar-refractivity contribution is 5.79. The molecule has 1 atom stereocenters. The lowest BCUT2D eigenvalue weighted by Gasteiger charge is -2.31. The quantitative estimate of drug-likeness (QED) is 0.801. The number of carbonyl (C=O) groups excluding carboxylic acids is 1. The van der Waals surface area contributed by atoms with Crippen LogP contribution in [0.15, 0.2) is 54.6 Å². The van der Waals surface area contributed by atoms with E-state index in [9.17, 15) is 4.79 Å². The molecule has 1 N–H and O–H groups in total. The molecule has 24 heavy (non-hydrogen) atoms. The maximum absolute atomic E-state index is 12.5. The number of nitrogens with zero attached hydrogens (tertiary/aromatic N) is 3. The lowest BCUT2D eigenvalue weighted by molar-refractivity contribution is -0.123. The zero-order valence-electron chi connectivity index (χ0n) is 14.2. The number of para-hydroxylation sites is 1. The van der Waals surface area contributed by atoms with Gasteiger partial charge in [0.25, 0.3) is 0 Å². The number of fused-ring (bicyclic) bond motifs is 1. The predicted octanol–water partition coefficient (Wildman–Crippen LogP) is 3.33. The first-order chi connectivity index (χ1) is 11.4. The summed E-state index contributed by atoms with van der Waals surface area (Å²) in [7, 11) is 0. The number of amides is 1. The van der Waals surface area contributed by atoms with Gasteiger partial charge in [-0.05, 0) is 17.7 Å². The highest BCUT2D eigenvalue weighted by Gasteiger charge is 2.30. The first-order valence-corrected chi connectivity index (χ1v) is 8.08. The summed E-state index contributed by atoms with van der Waals surface area (Å²) in [4.78, 5) is 12.5. The summed E-state index contributed by atoms with van der Waals surface area (Å²) >= 11 is 0. The summed E-state index contributed by atoms with van der Waals surface area (Å²) in [6.07, 6.45) is 0.0705. The molecule has 0 saturated heterocycles. The molecule has 1 unspecified atom stereocenters. The summed E-state index contributed by atoms with van der Waals surface area (Å²) in [5.41, 5.74) is 2.52. The average Bonchev–Trinajstić information content (AvgIpc) is 2.96. The Balaban J connectivity index is 1.86. The van der Waals surface area contributed by atoms with E-state index in [1.54, 1.807) is 4.68 Å². The van der Waals surface area contributed by atoms with Gasteiger partial charge in [0.15, 0.2) is 0 Å². The Labute approximate surface area is 141 Å². The number of aromatic nitrogens is 3. The maximum Gasteiger partial charge on any atom is 0.226 e. The van der Waals surface area contributed by atoms with E-state index < -0.39 is 0 Å². The second kappa shape index (κ2) is 6.43. The lowest BCUT2D eigenvalue weighted by atomic mass is 9.92. The van der Waals surface area contributed by atoms with E-state index in [1.165, 1.54) is 0 Å². The minimum atomic E-state index is -0.277. The Morgan fingerprint density at radius 1 is 1.08 bits per heavy atom. The first-order valence-electron chi connectivity index (χ1n) is 8.08. The van der Waals surface area contributed by atoms with E-state index in [-0.39, 0.29) is 17.5 Å². The van der Waals surface area contributed by atoms with Crippen LogP contribution in [0.25, 0.3) is 11.0 Å². The molecule has 0 fully saturated rings. The second-order valence-corrected chi connectivity index (χ2v) is 7.02.